The SMILES string of the molecule is O=c1oc2c(-c3cccc(C(F)(F)F)c3)cccc2cc1NS(=O)(=O)c1ccc(C(F)(F)F)cc1. The van der Waals surface area contributed by atoms with Gasteiger partial charge in [-0.1, -0.05) is 30.3 Å². The third-order valence-corrected chi connectivity index (χ3v) is 6.38. The van der Waals surface area contributed by atoms with Crippen LogP contribution in [0.4, 0.5) is 32.0 Å². The van der Waals surface area contributed by atoms with E-state index in [1.54, 1.807) is 0 Å². The Kier molecular flexibility index (Phi) is 5.87. The Hall–Kier alpha value is -3.80. The quantitative estimate of drug-likeness (QED) is 0.257. The van der Waals surface area contributed by atoms with Crippen molar-refractivity contribution in [1.29, 1.82) is 0 Å². The van der Waals surface area contributed by atoms with Crippen molar-refractivity contribution in [3.8, 4) is 11.1 Å². The fourth-order valence-electron chi connectivity index (χ4n) is 3.33. The topological polar surface area (TPSA) is 76.4 Å². The predicted octanol–water partition coefficient (Wildman–Crippen LogP) is 6.30. The van der Waals surface area contributed by atoms with E-state index in [2.05, 4.69) is 0 Å². The van der Waals surface area contributed by atoms with Crippen LogP contribution in [-0.4, -0.2) is 8.42 Å². The minimum atomic E-state index is -4.66. The summed E-state index contributed by atoms with van der Waals surface area (Å²) in [6, 6.07) is 12.5. The monoisotopic (exact) mass is 513 g/mol. The zero-order valence-corrected chi connectivity index (χ0v) is 18.1. The average molecular weight is 513 g/mol. The second kappa shape index (κ2) is 8.45. The Morgan fingerprint density at radius 3 is 2.00 bits per heavy atom. The largest absolute Gasteiger partial charge is 0.421 e. The first-order chi connectivity index (χ1) is 16.3. The van der Waals surface area contributed by atoms with Gasteiger partial charge in [0.1, 0.15) is 11.3 Å². The van der Waals surface area contributed by atoms with Crippen LogP contribution < -0.4 is 10.3 Å². The summed E-state index contributed by atoms with van der Waals surface area (Å²) in [5.74, 6) is 0. The number of sulfonamides is 1. The number of anilines is 1. The second-order valence-corrected chi connectivity index (χ2v) is 9.06. The van der Waals surface area contributed by atoms with E-state index in [-0.39, 0.29) is 22.1 Å². The lowest BCUT2D eigenvalue weighted by molar-refractivity contribution is -0.138. The molecular formula is C23H13F6NO4S. The Balaban J connectivity index is 1.73. The summed E-state index contributed by atoms with van der Waals surface area (Å²) in [7, 11) is -4.45. The van der Waals surface area contributed by atoms with Gasteiger partial charge in [0.2, 0.25) is 0 Å². The van der Waals surface area contributed by atoms with Crippen LogP contribution in [0, 0.1) is 0 Å². The summed E-state index contributed by atoms with van der Waals surface area (Å²) in [6.45, 7) is 0. The first-order valence-corrected chi connectivity index (χ1v) is 11.2. The van der Waals surface area contributed by atoms with E-state index >= 15 is 0 Å². The molecule has 0 atom stereocenters. The molecule has 4 rings (SSSR count). The van der Waals surface area contributed by atoms with Gasteiger partial charge in [0, 0.05) is 10.9 Å². The standard InChI is InChI=1S/C23H13F6NO4S/c24-22(25,26)15-7-9-17(10-8-15)35(32,33)30-19-12-14-4-2-6-18(20(14)34-21(19)31)13-3-1-5-16(11-13)23(27,28)29/h1-12,30H. The molecular weight excluding hydrogens is 500 g/mol. The Morgan fingerprint density at radius 1 is 0.743 bits per heavy atom. The number of nitrogens with one attached hydrogen (secondary N) is 1. The van der Waals surface area contributed by atoms with Crippen LogP contribution in [0.3, 0.4) is 0 Å². The third-order valence-electron chi connectivity index (χ3n) is 5.00. The lowest BCUT2D eigenvalue weighted by Gasteiger charge is -2.12. The van der Waals surface area contributed by atoms with Gasteiger partial charge in [0.25, 0.3) is 10.0 Å². The van der Waals surface area contributed by atoms with E-state index in [1.165, 1.54) is 30.3 Å². The predicted molar refractivity (Wildman–Crippen MR) is 115 cm³/mol. The normalized spacial score (nSPS) is 12.6. The van der Waals surface area contributed by atoms with Gasteiger partial charge in [-0.15, -0.1) is 0 Å². The minimum Gasteiger partial charge on any atom is -0.421 e. The Morgan fingerprint density at radius 2 is 1.37 bits per heavy atom. The van der Waals surface area contributed by atoms with Gasteiger partial charge >= 0.3 is 18.0 Å². The molecule has 0 aliphatic rings. The highest BCUT2D eigenvalue weighted by molar-refractivity contribution is 7.92. The molecule has 4 aromatic rings. The van der Waals surface area contributed by atoms with Crippen molar-refractivity contribution in [3.05, 3.63) is 94.3 Å². The van der Waals surface area contributed by atoms with Gasteiger partial charge in [-0.2, -0.15) is 26.3 Å². The molecule has 0 unspecified atom stereocenters. The van der Waals surface area contributed by atoms with Crippen molar-refractivity contribution in [2.24, 2.45) is 0 Å². The molecule has 3 aromatic carbocycles. The zero-order valence-electron chi connectivity index (χ0n) is 17.2. The van der Waals surface area contributed by atoms with E-state index in [0.29, 0.717) is 12.1 Å². The number of alkyl halides is 6. The van der Waals surface area contributed by atoms with Crippen LogP contribution >= 0.6 is 0 Å². The number of fused-ring (bicyclic) bond motifs is 1. The van der Waals surface area contributed by atoms with Crippen LogP contribution in [0.15, 0.2) is 86.9 Å². The third kappa shape index (κ3) is 5.02. The Bertz CT molecular complexity index is 1570. The van der Waals surface area contributed by atoms with E-state index in [9.17, 15) is 39.6 Å². The molecule has 35 heavy (non-hydrogen) atoms. The number of hydrogen-bond acceptors (Lipinski definition) is 4. The van der Waals surface area contributed by atoms with Crippen molar-refractivity contribution in [2.75, 3.05) is 4.72 Å². The van der Waals surface area contributed by atoms with Crippen molar-refractivity contribution in [1.82, 2.24) is 0 Å². The molecule has 0 fully saturated rings. The van der Waals surface area contributed by atoms with Crippen LogP contribution in [0.5, 0.6) is 0 Å². The van der Waals surface area contributed by atoms with Crippen LogP contribution in [-0.2, 0) is 22.4 Å². The number of hydrogen-bond donors (Lipinski definition) is 1. The van der Waals surface area contributed by atoms with Crippen LogP contribution in [0.1, 0.15) is 11.1 Å². The lowest BCUT2D eigenvalue weighted by atomic mass is 10.0. The number of para-hydroxylation sites is 1. The average Bonchev–Trinajstić information content (AvgIpc) is 2.78. The molecule has 0 bridgehead atoms. The molecule has 12 heteroatoms. The molecule has 182 valence electrons. The summed E-state index contributed by atoms with van der Waals surface area (Å²) < 4.78 is 110. The van der Waals surface area contributed by atoms with Crippen molar-refractivity contribution in [3.63, 3.8) is 0 Å². The van der Waals surface area contributed by atoms with Gasteiger partial charge in [-0.25, -0.2) is 13.2 Å². The maximum absolute atomic E-state index is 13.1. The zero-order chi connectivity index (χ0) is 25.6. The minimum absolute atomic E-state index is 0.0747. The Labute approximate surface area is 193 Å². The fourth-order valence-corrected chi connectivity index (χ4v) is 4.38. The van der Waals surface area contributed by atoms with Gasteiger partial charge in [-0.3, -0.25) is 4.72 Å². The summed E-state index contributed by atoms with van der Waals surface area (Å²) in [5.41, 5.74) is -3.42. The molecule has 5 nitrogen and oxygen atoms in total. The molecule has 0 amide bonds. The molecule has 1 heterocycles. The first kappa shape index (κ1) is 24.3. The summed E-state index contributed by atoms with van der Waals surface area (Å²) in [6.07, 6.45) is -9.25. The molecule has 0 saturated carbocycles. The summed E-state index contributed by atoms with van der Waals surface area (Å²) in [4.78, 5) is 12.0. The molecule has 0 saturated heterocycles. The molecule has 1 N–H and O–H groups in total. The summed E-state index contributed by atoms with van der Waals surface area (Å²) in [5, 5.41) is 0.199. The number of halogens is 6. The van der Waals surface area contributed by atoms with Gasteiger partial charge < -0.3 is 4.42 Å². The van der Waals surface area contributed by atoms with Crippen molar-refractivity contribution >= 4 is 26.7 Å². The smallest absolute Gasteiger partial charge is 0.416 e. The molecule has 0 spiro atoms. The number of rotatable bonds is 4. The van der Waals surface area contributed by atoms with Gasteiger partial charge in [0.15, 0.2) is 0 Å². The van der Waals surface area contributed by atoms with E-state index < -0.39 is 49.7 Å². The van der Waals surface area contributed by atoms with E-state index in [0.717, 1.165) is 30.3 Å². The van der Waals surface area contributed by atoms with Crippen molar-refractivity contribution in [2.45, 2.75) is 17.2 Å². The van der Waals surface area contributed by atoms with Crippen LogP contribution in [0.25, 0.3) is 22.1 Å². The second-order valence-electron chi connectivity index (χ2n) is 7.38. The van der Waals surface area contributed by atoms with Gasteiger partial charge in [-0.05, 0) is 48.0 Å². The maximum atomic E-state index is 13.1. The maximum Gasteiger partial charge on any atom is 0.416 e. The van der Waals surface area contributed by atoms with E-state index in [4.69, 9.17) is 4.42 Å². The lowest BCUT2D eigenvalue weighted by Crippen LogP contribution is -2.18. The fraction of sp³-hybridized carbons (Fsp3) is 0.0870. The molecule has 0 aliphatic heterocycles. The molecule has 0 aliphatic carbocycles. The first-order valence-electron chi connectivity index (χ1n) is 9.70. The highest BCUT2D eigenvalue weighted by atomic mass is 32.2. The van der Waals surface area contributed by atoms with Crippen LogP contribution in [0.2, 0.25) is 0 Å². The van der Waals surface area contributed by atoms with Crippen molar-refractivity contribution < 1.29 is 39.2 Å². The van der Waals surface area contributed by atoms with Gasteiger partial charge in [0.05, 0.1) is 16.0 Å². The summed E-state index contributed by atoms with van der Waals surface area (Å²) >= 11 is 0. The highest BCUT2D eigenvalue weighted by Gasteiger charge is 2.31. The number of benzene rings is 3. The molecule has 1 aromatic heterocycles. The highest BCUT2D eigenvalue weighted by Crippen LogP contribution is 2.35. The molecule has 0 radical (unpaired) electrons. The van der Waals surface area contributed by atoms with E-state index in [1.807, 2.05) is 4.72 Å².